The third-order valence-corrected chi connectivity index (χ3v) is 2.42. The van der Waals surface area contributed by atoms with Crippen LogP contribution in [-0.2, 0) is 0 Å². The van der Waals surface area contributed by atoms with Crippen LogP contribution in [0.15, 0.2) is 6.07 Å². The Morgan fingerprint density at radius 1 is 1.40 bits per heavy atom. The van der Waals surface area contributed by atoms with E-state index >= 15 is 0 Å². The quantitative estimate of drug-likeness (QED) is 0.743. The van der Waals surface area contributed by atoms with Crippen LogP contribution in [0.25, 0.3) is 0 Å². The fourth-order valence-corrected chi connectivity index (χ4v) is 1.45. The molecule has 0 saturated carbocycles. The first kappa shape index (κ1) is 10.2. The fraction of sp³-hybridized carbons (Fsp3) is 0.600. The van der Waals surface area contributed by atoms with Crippen molar-refractivity contribution in [2.45, 2.75) is 13.0 Å². The van der Waals surface area contributed by atoms with Crippen LogP contribution in [-0.4, -0.2) is 43.2 Å². The van der Waals surface area contributed by atoms with Crippen LogP contribution in [0.2, 0.25) is 0 Å². The molecule has 0 spiro atoms. The van der Waals surface area contributed by atoms with Crippen LogP contribution in [0.4, 0.5) is 11.6 Å². The molecule has 1 aliphatic heterocycles. The first-order chi connectivity index (χ1) is 7.15. The van der Waals surface area contributed by atoms with E-state index in [1.54, 1.807) is 0 Å². The van der Waals surface area contributed by atoms with Gasteiger partial charge in [0.05, 0.1) is 6.04 Å². The normalized spacial score (nSPS) is 15.9. The number of rotatable bonds is 3. The molecule has 2 heterocycles. The first-order valence-electron chi connectivity index (χ1n) is 5.15. The number of aromatic nitrogens is 2. The highest BCUT2D eigenvalue weighted by atomic mass is 15.2. The van der Waals surface area contributed by atoms with E-state index < -0.39 is 0 Å². The van der Waals surface area contributed by atoms with E-state index in [4.69, 9.17) is 0 Å². The third kappa shape index (κ3) is 2.36. The number of nitrogens with one attached hydrogen (secondary N) is 2. The molecule has 1 fully saturated rings. The largest absolute Gasteiger partial charge is 0.365 e. The van der Waals surface area contributed by atoms with Crippen molar-refractivity contribution in [1.29, 1.82) is 0 Å². The second-order valence-electron chi connectivity index (χ2n) is 4.05. The molecule has 0 amide bonds. The summed E-state index contributed by atoms with van der Waals surface area (Å²) in [5.41, 5.74) is 0. The van der Waals surface area contributed by atoms with E-state index in [0.717, 1.165) is 30.5 Å². The maximum atomic E-state index is 4.36. The second-order valence-corrected chi connectivity index (χ2v) is 4.05. The molecular weight excluding hydrogens is 190 g/mol. The van der Waals surface area contributed by atoms with Crippen LogP contribution >= 0.6 is 0 Å². The Bertz CT molecular complexity index is 346. The Morgan fingerprint density at radius 3 is 2.67 bits per heavy atom. The lowest BCUT2D eigenvalue weighted by Crippen LogP contribution is -2.51. The van der Waals surface area contributed by atoms with Crippen LogP contribution < -0.4 is 15.5 Å². The van der Waals surface area contributed by atoms with Crippen molar-refractivity contribution in [2.75, 3.05) is 37.4 Å². The summed E-state index contributed by atoms with van der Waals surface area (Å²) in [4.78, 5) is 10.7. The highest BCUT2D eigenvalue weighted by molar-refractivity contribution is 5.49. The highest BCUT2D eigenvalue weighted by Gasteiger charge is 2.17. The zero-order valence-corrected chi connectivity index (χ0v) is 9.41. The molecule has 1 aromatic rings. The predicted octanol–water partition coefficient (Wildman–Crippen LogP) is 0.235. The Balaban J connectivity index is 2.15. The van der Waals surface area contributed by atoms with Gasteiger partial charge in [-0.05, 0) is 6.92 Å². The summed E-state index contributed by atoms with van der Waals surface area (Å²) in [6.07, 6.45) is 0. The molecule has 0 aliphatic carbocycles. The standard InChI is InChI=1S/C10H17N5/c1-7-12-9(14-8-5-11-6-8)4-10(13-7)15(2)3/h4,8,11H,5-6H2,1-3H3,(H,12,13,14). The van der Waals surface area contributed by atoms with Gasteiger partial charge in [0.1, 0.15) is 17.5 Å². The van der Waals surface area contributed by atoms with Gasteiger partial charge in [0.25, 0.3) is 0 Å². The van der Waals surface area contributed by atoms with Gasteiger partial charge >= 0.3 is 0 Å². The molecule has 0 radical (unpaired) electrons. The maximum absolute atomic E-state index is 4.36. The summed E-state index contributed by atoms with van der Waals surface area (Å²) in [6, 6.07) is 2.49. The summed E-state index contributed by atoms with van der Waals surface area (Å²) < 4.78 is 0. The first-order valence-corrected chi connectivity index (χ1v) is 5.15. The van der Waals surface area contributed by atoms with Gasteiger partial charge in [0.2, 0.25) is 0 Å². The number of anilines is 2. The van der Waals surface area contributed by atoms with E-state index in [1.165, 1.54) is 0 Å². The molecule has 15 heavy (non-hydrogen) atoms. The number of hydrogen-bond donors (Lipinski definition) is 2. The molecule has 0 bridgehead atoms. The Morgan fingerprint density at radius 2 is 2.13 bits per heavy atom. The van der Waals surface area contributed by atoms with Gasteiger partial charge in [0.15, 0.2) is 0 Å². The predicted molar refractivity (Wildman–Crippen MR) is 61.4 cm³/mol. The minimum atomic E-state index is 0.509. The lowest BCUT2D eigenvalue weighted by atomic mass is 10.2. The Hall–Kier alpha value is -1.36. The van der Waals surface area contributed by atoms with Crippen molar-refractivity contribution in [3.05, 3.63) is 11.9 Å². The average molecular weight is 207 g/mol. The third-order valence-electron chi connectivity index (χ3n) is 2.42. The molecular formula is C10H17N5. The topological polar surface area (TPSA) is 53.1 Å². The zero-order chi connectivity index (χ0) is 10.8. The molecule has 5 heteroatoms. The van der Waals surface area contributed by atoms with Gasteiger partial charge in [-0.3, -0.25) is 0 Å². The van der Waals surface area contributed by atoms with E-state index in [-0.39, 0.29) is 0 Å². The van der Waals surface area contributed by atoms with Gasteiger partial charge in [0, 0.05) is 33.3 Å². The Labute approximate surface area is 89.9 Å². The van der Waals surface area contributed by atoms with E-state index in [2.05, 4.69) is 20.6 Å². The van der Waals surface area contributed by atoms with Crippen LogP contribution in [0.1, 0.15) is 5.82 Å². The van der Waals surface area contributed by atoms with Crippen LogP contribution in [0.3, 0.4) is 0 Å². The van der Waals surface area contributed by atoms with Gasteiger partial charge in [-0.25, -0.2) is 9.97 Å². The summed E-state index contributed by atoms with van der Waals surface area (Å²) in [5, 5.41) is 6.59. The zero-order valence-electron chi connectivity index (χ0n) is 9.41. The van der Waals surface area contributed by atoms with Gasteiger partial charge in [-0.2, -0.15) is 0 Å². The lowest BCUT2D eigenvalue weighted by molar-refractivity contribution is 0.471. The van der Waals surface area contributed by atoms with Crippen LogP contribution in [0.5, 0.6) is 0 Å². The minimum absolute atomic E-state index is 0.509. The maximum Gasteiger partial charge on any atom is 0.133 e. The van der Waals surface area contributed by atoms with Crippen molar-refractivity contribution >= 4 is 11.6 Å². The molecule has 2 rings (SSSR count). The molecule has 0 aromatic carbocycles. The van der Waals surface area contributed by atoms with E-state index in [0.29, 0.717) is 6.04 Å². The van der Waals surface area contributed by atoms with Gasteiger partial charge in [-0.15, -0.1) is 0 Å². The second kappa shape index (κ2) is 4.02. The minimum Gasteiger partial charge on any atom is -0.365 e. The van der Waals surface area contributed by atoms with Crippen molar-refractivity contribution < 1.29 is 0 Å². The monoisotopic (exact) mass is 207 g/mol. The molecule has 1 aromatic heterocycles. The Kier molecular flexibility index (Phi) is 2.73. The van der Waals surface area contributed by atoms with Crippen molar-refractivity contribution in [2.24, 2.45) is 0 Å². The van der Waals surface area contributed by atoms with E-state index in [1.807, 2.05) is 32.0 Å². The summed E-state index contributed by atoms with van der Waals surface area (Å²) in [5.74, 6) is 2.66. The fourth-order valence-electron chi connectivity index (χ4n) is 1.45. The average Bonchev–Trinajstić information content (AvgIpc) is 2.10. The smallest absolute Gasteiger partial charge is 0.133 e. The number of hydrogen-bond acceptors (Lipinski definition) is 5. The van der Waals surface area contributed by atoms with Crippen molar-refractivity contribution in [3.8, 4) is 0 Å². The molecule has 0 unspecified atom stereocenters. The molecule has 0 atom stereocenters. The molecule has 2 N–H and O–H groups in total. The summed E-state index contributed by atoms with van der Waals surface area (Å²) >= 11 is 0. The van der Waals surface area contributed by atoms with Crippen molar-refractivity contribution in [3.63, 3.8) is 0 Å². The molecule has 82 valence electrons. The lowest BCUT2D eigenvalue weighted by Gasteiger charge is -2.28. The van der Waals surface area contributed by atoms with Gasteiger partial charge < -0.3 is 15.5 Å². The summed E-state index contributed by atoms with van der Waals surface area (Å²) in [6.45, 7) is 3.94. The number of nitrogens with zero attached hydrogens (tertiary/aromatic N) is 3. The summed E-state index contributed by atoms with van der Waals surface area (Å²) in [7, 11) is 3.97. The molecule has 1 saturated heterocycles. The van der Waals surface area contributed by atoms with Crippen molar-refractivity contribution in [1.82, 2.24) is 15.3 Å². The van der Waals surface area contributed by atoms with Crippen LogP contribution in [0, 0.1) is 6.92 Å². The molecule has 5 nitrogen and oxygen atoms in total. The molecule has 1 aliphatic rings. The van der Waals surface area contributed by atoms with Gasteiger partial charge in [-0.1, -0.05) is 0 Å². The number of aryl methyl sites for hydroxylation is 1. The SMILES string of the molecule is Cc1nc(NC2CNC2)cc(N(C)C)n1. The van der Waals surface area contributed by atoms with E-state index in [9.17, 15) is 0 Å². The highest BCUT2D eigenvalue weighted by Crippen LogP contribution is 2.14.